The molecule has 0 spiro atoms. The molecule has 0 radical (unpaired) electrons. The molecule has 0 aliphatic rings. The second kappa shape index (κ2) is 9.98. The molecule has 2 N–H and O–H groups in total. The summed E-state index contributed by atoms with van der Waals surface area (Å²) in [6, 6.07) is 14.8. The van der Waals surface area contributed by atoms with Crippen molar-refractivity contribution in [2.24, 2.45) is 5.10 Å². The molecule has 0 fully saturated rings. The summed E-state index contributed by atoms with van der Waals surface area (Å²) in [7, 11) is -2.57. The first-order valence-corrected chi connectivity index (χ1v) is 11.5. The molecule has 3 aromatic rings. The predicted octanol–water partition coefficient (Wildman–Crippen LogP) is 5.27. The van der Waals surface area contributed by atoms with Crippen molar-refractivity contribution in [3.63, 3.8) is 0 Å². The van der Waals surface area contributed by atoms with E-state index < -0.39 is 20.6 Å². The van der Waals surface area contributed by atoms with Crippen LogP contribution in [0.2, 0.25) is 5.02 Å². The van der Waals surface area contributed by atoms with Crippen LogP contribution in [0.4, 0.5) is 17.1 Å². The molecule has 0 aliphatic carbocycles. The van der Waals surface area contributed by atoms with E-state index in [4.69, 9.17) is 16.3 Å². The molecule has 0 heterocycles. The van der Waals surface area contributed by atoms with Crippen LogP contribution in [0.25, 0.3) is 0 Å². The fraction of sp³-hybridized carbons (Fsp3) is 0.0500. The van der Waals surface area contributed by atoms with Crippen molar-refractivity contribution in [3.05, 3.63) is 85.8 Å². The Morgan fingerprint density at radius 3 is 2.62 bits per heavy atom. The van der Waals surface area contributed by atoms with Gasteiger partial charge in [-0.3, -0.25) is 20.3 Å². The number of rotatable bonds is 8. The molecule has 0 unspecified atom stereocenters. The van der Waals surface area contributed by atoms with Crippen LogP contribution < -0.4 is 14.9 Å². The highest BCUT2D eigenvalue weighted by atomic mass is 79.9. The normalized spacial score (nSPS) is 11.3. The zero-order valence-corrected chi connectivity index (χ0v) is 19.6. The molecular formula is C20H16BrClN4O5S. The van der Waals surface area contributed by atoms with Gasteiger partial charge in [0.05, 0.1) is 28.8 Å². The van der Waals surface area contributed by atoms with Gasteiger partial charge in [-0.25, -0.2) is 8.42 Å². The van der Waals surface area contributed by atoms with Gasteiger partial charge in [-0.1, -0.05) is 33.6 Å². The van der Waals surface area contributed by atoms with Gasteiger partial charge in [-0.2, -0.15) is 5.10 Å². The lowest BCUT2D eigenvalue weighted by atomic mass is 10.2. The number of anilines is 2. The van der Waals surface area contributed by atoms with Gasteiger partial charge in [-0.15, -0.1) is 0 Å². The van der Waals surface area contributed by atoms with Crippen LogP contribution in [-0.4, -0.2) is 26.7 Å². The first-order chi connectivity index (χ1) is 15.2. The second-order valence-corrected chi connectivity index (χ2v) is 9.34. The maximum Gasteiger partial charge on any atom is 0.295 e. The largest absolute Gasteiger partial charge is 0.496 e. The zero-order chi connectivity index (χ0) is 23.3. The fourth-order valence-electron chi connectivity index (χ4n) is 2.67. The van der Waals surface area contributed by atoms with Gasteiger partial charge in [0.15, 0.2) is 0 Å². The van der Waals surface area contributed by atoms with E-state index in [1.165, 1.54) is 37.6 Å². The summed E-state index contributed by atoms with van der Waals surface area (Å²) in [6.45, 7) is 0. The number of nitrogens with one attached hydrogen (secondary N) is 2. The van der Waals surface area contributed by atoms with E-state index in [9.17, 15) is 18.5 Å². The van der Waals surface area contributed by atoms with E-state index in [-0.39, 0.29) is 16.3 Å². The molecule has 0 saturated carbocycles. The number of halogens is 2. The van der Waals surface area contributed by atoms with Gasteiger partial charge in [0, 0.05) is 21.1 Å². The van der Waals surface area contributed by atoms with Crippen LogP contribution in [0.15, 0.2) is 75.1 Å². The van der Waals surface area contributed by atoms with E-state index in [1.807, 2.05) is 0 Å². The van der Waals surface area contributed by atoms with Crippen molar-refractivity contribution in [1.29, 1.82) is 0 Å². The molecule has 0 aromatic heterocycles. The summed E-state index contributed by atoms with van der Waals surface area (Å²) in [6.07, 6.45) is 1.43. The van der Waals surface area contributed by atoms with Gasteiger partial charge in [0.1, 0.15) is 11.4 Å². The SMILES string of the molecule is COc1ccc(Br)cc1C=NNc1ccc(S(=O)(=O)Nc2cccc(Cl)c2)cc1[N+](=O)[O-]. The van der Waals surface area contributed by atoms with Crippen molar-refractivity contribution in [1.82, 2.24) is 0 Å². The average Bonchev–Trinajstić information content (AvgIpc) is 2.73. The van der Waals surface area contributed by atoms with Crippen LogP contribution in [0.3, 0.4) is 0 Å². The van der Waals surface area contributed by atoms with Crippen LogP contribution in [0.5, 0.6) is 5.75 Å². The number of ether oxygens (including phenoxy) is 1. The van der Waals surface area contributed by atoms with Crippen LogP contribution in [-0.2, 0) is 10.0 Å². The minimum atomic E-state index is -4.08. The van der Waals surface area contributed by atoms with E-state index in [0.717, 1.165) is 10.5 Å². The highest BCUT2D eigenvalue weighted by molar-refractivity contribution is 9.10. The van der Waals surface area contributed by atoms with E-state index in [0.29, 0.717) is 16.3 Å². The molecule has 0 amide bonds. The number of hydrazone groups is 1. The number of methoxy groups -OCH3 is 1. The third kappa shape index (κ3) is 5.75. The van der Waals surface area contributed by atoms with Gasteiger partial charge in [0.25, 0.3) is 15.7 Å². The molecule has 0 atom stereocenters. The Balaban J connectivity index is 1.86. The highest BCUT2D eigenvalue weighted by Crippen LogP contribution is 2.29. The maximum absolute atomic E-state index is 12.7. The topological polar surface area (TPSA) is 123 Å². The van der Waals surface area contributed by atoms with E-state index in [1.54, 1.807) is 30.3 Å². The summed E-state index contributed by atoms with van der Waals surface area (Å²) in [4.78, 5) is 10.6. The van der Waals surface area contributed by atoms with E-state index >= 15 is 0 Å². The zero-order valence-electron chi connectivity index (χ0n) is 16.5. The number of hydrogen-bond donors (Lipinski definition) is 2. The summed E-state index contributed by atoms with van der Waals surface area (Å²) in [5, 5.41) is 15.9. The molecule has 12 heteroatoms. The highest BCUT2D eigenvalue weighted by Gasteiger charge is 2.21. The van der Waals surface area contributed by atoms with E-state index in [2.05, 4.69) is 31.2 Å². The summed E-state index contributed by atoms with van der Waals surface area (Å²) in [5.41, 5.74) is 2.99. The Morgan fingerprint density at radius 2 is 1.94 bits per heavy atom. The van der Waals surface area contributed by atoms with Crippen molar-refractivity contribution < 1.29 is 18.1 Å². The average molecular weight is 540 g/mol. The molecule has 9 nitrogen and oxygen atoms in total. The first kappa shape index (κ1) is 23.5. The molecule has 0 bridgehead atoms. The number of sulfonamides is 1. The number of nitro groups is 1. The molecule has 0 saturated heterocycles. The molecular weight excluding hydrogens is 524 g/mol. The quantitative estimate of drug-likeness (QED) is 0.228. The maximum atomic E-state index is 12.7. The third-order valence-corrected chi connectivity index (χ3v) is 6.24. The lowest BCUT2D eigenvalue weighted by molar-refractivity contribution is -0.384. The number of nitrogens with zero attached hydrogens (tertiary/aromatic N) is 2. The second-order valence-electron chi connectivity index (χ2n) is 6.31. The standard InChI is InChI=1S/C20H16BrClN4O5S/c1-31-20-8-5-14(21)9-13(20)12-23-24-18-7-6-17(11-19(18)26(27)28)32(29,30)25-16-4-2-3-15(22)10-16/h2-12,24-25H,1H3. The monoisotopic (exact) mass is 538 g/mol. The molecule has 32 heavy (non-hydrogen) atoms. The van der Waals surface area contributed by atoms with Gasteiger partial charge in [-0.05, 0) is 48.5 Å². The van der Waals surface area contributed by atoms with Crippen molar-refractivity contribution in [2.75, 3.05) is 17.3 Å². The number of nitro benzene ring substituents is 1. The minimum absolute atomic E-state index is 0.0157. The Labute approximate surface area is 197 Å². The minimum Gasteiger partial charge on any atom is -0.496 e. The summed E-state index contributed by atoms with van der Waals surface area (Å²) >= 11 is 9.22. The first-order valence-electron chi connectivity index (χ1n) is 8.89. The Morgan fingerprint density at radius 1 is 1.16 bits per heavy atom. The molecule has 3 aromatic carbocycles. The van der Waals surface area contributed by atoms with Crippen LogP contribution in [0.1, 0.15) is 5.56 Å². The predicted molar refractivity (Wildman–Crippen MR) is 127 cm³/mol. The molecule has 3 rings (SSSR count). The van der Waals surface area contributed by atoms with Crippen LogP contribution in [0, 0.1) is 10.1 Å². The molecule has 0 aliphatic heterocycles. The van der Waals surface area contributed by atoms with Crippen molar-refractivity contribution in [3.8, 4) is 5.75 Å². The van der Waals surface area contributed by atoms with Gasteiger partial charge >= 0.3 is 0 Å². The Hall–Kier alpha value is -3.15. The van der Waals surface area contributed by atoms with Gasteiger partial charge < -0.3 is 4.74 Å². The van der Waals surface area contributed by atoms with Gasteiger partial charge in [0.2, 0.25) is 0 Å². The summed E-state index contributed by atoms with van der Waals surface area (Å²) < 4.78 is 33.7. The Bertz CT molecular complexity index is 1300. The molecule has 166 valence electrons. The summed E-state index contributed by atoms with van der Waals surface area (Å²) in [5.74, 6) is 0.557. The van der Waals surface area contributed by atoms with Crippen molar-refractivity contribution >= 4 is 60.8 Å². The number of benzene rings is 3. The smallest absolute Gasteiger partial charge is 0.295 e. The lowest BCUT2D eigenvalue weighted by Gasteiger charge is -2.10. The van der Waals surface area contributed by atoms with Crippen molar-refractivity contribution in [2.45, 2.75) is 4.90 Å². The number of hydrogen-bond acceptors (Lipinski definition) is 7. The third-order valence-electron chi connectivity index (χ3n) is 4.13. The lowest BCUT2D eigenvalue weighted by Crippen LogP contribution is -2.13. The fourth-order valence-corrected chi connectivity index (χ4v) is 4.31. The van der Waals surface area contributed by atoms with Crippen LogP contribution >= 0.6 is 27.5 Å². The Kier molecular flexibility index (Phi) is 7.33.